The van der Waals surface area contributed by atoms with E-state index in [1.807, 2.05) is 26.0 Å². The van der Waals surface area contributed by atoms with Crippen molar-refractivity contribution in [2.75, 3.05) is 38.5 Å². The molecule has 0 aromatic heterocycles. The van der Waals surface area contributed by atoms with Crippen molar-refractivity contribution in [2.45, 2.75) is 46.6 Å². The molecule has 24 heavy (non-hydrogen) atoms. The Morgan fingerprint density at radius 3 is 2.83 bits per heavy atom. The molecule has 134 valence electrons. The maximum atomic E-state index is 12.6. The fourth-order valence-corrected chi connectivity index (χ4v) is 3.63. The average Bonchev–Trinajstić information content (AvgIpc) is 2.97. The Hall–Kier alpha value is -1.39. The molecule has 0 saturated carbocycles. The van der Waals surface area contributed by atoms with Crippen LogP contribution in [-0.4, -0.2) is 55.0 Å². The summed E-state index contributed by atoms with van der Waals surface area (Å²) in [5, 5.41) is 3.10. The molecule has 0 unspecified atom stereocenters. The number of amides is 1. The van der Waals surface area contributed by atoms with Crippen molar-refractivity contribution in [3.05, 3.63) is 29.3 Å². The van der Waals surface area contributed by atoms with Gasteiger partial charge in [-0.25, -0.2) is 0 Å². The molecule has 0 bridgehead atoms. The summed E-state index contributed by atoms with van der Waals surface area (Å²) >= 11 is 0. The number of nitrogens with one attached hydrogen (secondary N) is 1. The first-order chi connectivity index (χ1) is 11.4. The first kappa shape index (κ1) is 18.9. The van der Waals surface area contributed by atoms with Crippen LogP contribution in [0.2, 0.25) is 0 Å². The molecule has 1 aromatic rings. The molecule has 2 rings (SSSR count). The van der Waals surface area contributed by atoms with Crippen LogP contribution >= 0.6 is 0 Å². The maximum Gasteiger partial charge on any atom is 0.241 e. The summed E-state index contributed by atoms with van der Waals surface area (Å²) in [4.78, 5) is 17.3. The summed E-state index contributed by atoms with van der Waals surface area (Å²) in [5.41, 5.74) is 3.27. The lowest BCUT2D eigenvalue weighted by Gasteiger charge is -2.25. The molecule has 4 heteroatoms. The Morgan fingerprint density at radius 1 is 1.42 bits per heavy atom. The molecule has 1 saturated heterocycles. The molecule has 1 heterocycles. The van der Waals surface area contributed by atoms with Crippen LogP contribution in [0.3, 0.4) is 0 Å². The molecule has 1 fully saturated rings. The number of carbonyl (C=O) groups is 1. The van der Waals surface area contributed by atoms with Gasteiger partial charge in [-0.3, -0.25) is 9.69 Å². The van der Waals surface area contributed by atoms with Crippen molar-refractivity contribution in [1.29, 1.82) is 0 Å². The molecule has 1 aliphatic heterocycles. The predicted molar refractivity (Wildman–Crippen MR) is 101 cm³/mol. The van der Waals surface area contributed by atoms with Crippen LogP contribution in [0.1, 0.15) is 37.8 Å². The summed E-state index contributed by atoms with van der Waals surface area (Å²) < 4.78 is 0. The van der Waals surface area contributed by atoms with E-state index >= 15 is 0 Å². The van der Waals surface area contributed by atoms with Crippen LogP contribution in [0.15, 0.2) is 18.2 Å². The summed E-state index contributed by atoms with van der Waals surface area (Å²) in [6, 6.07) is 6.08. The van der Waals surface area contributed by atoms with E-state index in [0.717, 1.165) is 37.4 Å². The van der Waals surface area contributed by atoms with Crippen LogP contribution in [0.5, 0.6) is 0 Å². The lowest BCUT2D eigenvalue weighted by atomic mass is 10.1. The minimum absolute atomic E-state index is 0.0767. The molecular formula is C20H33N3O. The molecule has 0 spiro atoms. The van der Waals surface area contributed by atoms with Gasteiger partial charge in [0.15, 0.2) is 0 Å². The Labute approximate surface area is 147 Å². The van der Waals surface area contributed by atoms with E-state index in [4.69, 9.17) is 0 Å². The number of hydrogen-bond donors (Lipinski definition) is 1. The third kappa shape index (κ3) is 5.05. The first-order valence-electron chi connectivity index (χ1n) is 9.21. The number of benzene rings is 1. The second-order valence-electron chi connectivity index (χ2n) is 7.40. The highest BCUT2D eigenvalue weighted by Crippen LogP contribution is 2.21. The van der Waals surface area contributed by atoms with Gasteiger partial charge in [-0.1, -0.05) is 24.6 Å². The Morgan fingerprint density at radius 2 is 2.17 bits per heavy atom. The molecule has 4 nitrogen and oxygen atoms in total. The van der Waals surface area contributed by atoms with Gasteiger partial charge in [-0.2, -0.15) is 0 Å². The molecule has 0 radical (unpaired) electrons. The van der Waals surface area contributed by atoms with E-state index in [1.165, 1.54) is 18.4 Å². The summed E-state index contributed by atoms with van der Waals surface area (Å²) in [5.74, 6) is 0.780. The number of nitrogens with zero attached hydrogens (tertiary/aromatic N) is 2. The van der Waals surface area contributed by atoms with E-state index in [0.29, 0.717) is 5.92 Å². The fraction of sp³-hybridized carbons (Fsp3) is 0.650. The van der Waals surface area contributed by atoms with Crippen molar-refractivity contribution in [3.63, 3.8) is 0 Å². The van der Waals surface area contributed by atoms with Gasteiger partial charge >= 0.3 is 0 Å². The van der Waals surface area contributed by atoms with Gasteiger partial charge < -0.3 is 10.2 Å². The smallest absolute Gasteiger partial charge is 0.241 e. The van der Waals surface area contributed by atoms with Crippen LogP contribution in [0, 0.1) is 19.8 Å². The minimum Gasteiger partial charge on any atom is -0.324 e. The highest BCUT2D eigenvalue weighted by atomic mass is 16.2. The monoisotopic (exact) mass is 331 g/mol. The summed E-state index contributed by atoms with van der Waals surface area (Å²) in [6.45, 7) is 12.7. The van der Waals surface area contributed by atoms with E-state index in [9.17, 15) is 4.79 Å². The normalized spacial score (nSPS) is 19.7. The summed E-state index contributed by atoms with van der Waals surface area (Å²) in [7, 11) is 2.20. The van der Waals surface area contributed by atoms with Crippen LogP contribution in [-0.2, 0) is 4.79 Å². The standard InChI is InChI=1S/C20H33N3O/c1-6-10-22(5)13-18-9-11-23(14-18)17(4)20(24)21-19-8-7-15(2)12-16(19)3/h7-8,12,17-18H,6,9-11,13-14H2,1-5H3,(H,21,24)/t17-,18+/m0/s1. The topological polar surface area (TPSA) is 35.6 Å². The number of rotatable bonds is 7. The first-order valence-corrected chi connectivity index (χ1v) is 9.21. The van der Waals surface area contributed by atoms with Gasteiger partial charge in [-0.15, -0.1) is 0 Å². The number of carbonyl (C=O) groups excluding carboxylic acids is 1. The number of hydrogen-bond acceptors (Lipinski definition) is 3. The van der Waals surface area contributed by atoms with E-state index in [1.54, 1.807) is 0 Å². The minimum atomic E-state index is -0.0767. The quantitative estimate of drug-likeness (QED) is 0.833. The maximum absolute atomic E-state index is 12.6. The van der Waals surface area contributed by atoms with Gasteiger partial charge in [0, 0.05) is 18.8 Å². The molecular weight excluding hydrogens is 298 g/mol. The SMILES string of the molecule is CCCN(C)C[C@H]1CCN([C@@H](C)C(=O)Nc2ccc(C)cc2C)C1. The molecule has 1 aliphatic rings. The van der Waals surface area contributed by atoms with E-state index < -0.39 is 0 Å². The lowest BCUT2D eigenvalue weighted by molar-refractivity contribution is -0.120. The highest BCUT2D eigenvalue weighted by Gasteiger charge is 2.30. The van der Waals surface area contributed by atoms with Crippen molar-refractivity contribution in [2.24, 2.45) is 5.92 Å². The Bertz CT molecular complexity index is 558. The van der Waals surface area contributed by atoms with Crippen molar-refractivity contribution in [3.8, 4) is 0 Å². The van der Waals surface area contributed by atoms with Crippen LogP contribution < -0.4 is 5.32 Å². The van der Waals surface area contributed by atoms with Gasteiger partial charge in [0.05, 0.1) is 6.04 Å². The Kier molecular flexibility index (Phi) is 6.81. The lowest BCUT2D eigenvalue weighted by Crippen LogP contribution is -2.41. The van der Waals surface area contributed by atoms with E-state index in [2.05, 4.69) is 42.1 Å². The van der Waals surface area contributed by atoms with Gasteiger partial charge in [0.2, 0.25) is 5.91 Å². The average molecular weight is 332 g/mol. The third-order valence-corrected chi connectivity index (χ3v) is 5.06. The molecule has 1 aromatic carbocycles. The van der Waals surface area contributed by atoms with Crippen molar-refractivity contribution < 1.29 is 4.79 Å². The zero-order valence-electron chi connectivity index (χ0n) is 15.9. The van der Waals surface area contributed by atoms with Gasteiger partial charge in [0.1, 0.15) is 0 Å². The number of anilines is 1. The van der Waals surface area contributed by atoms with Crippen LogP contribution in [0.4, 0.5) is 5.69 Å². The molecule has 0 aliphatic carbocycles. The molecule has 1 amide bonds. The van der Waals surface area contributed by atoms with Crippen molar-refractivity contribution in [1.82, 2.24) is 9.80 Å². The highest BCUT2D eigenvalue weighted by molar-refractivity contribution is 5.95. The Balaban J connectivity index is 1.87. The number of likely N-dealkylation sites (tertiary alicyclic amines) is 1. The van der Waals surface area contributed by atoms with Crippen molar-refractivity contribution >= 4 is 11.6 Å². The largest absolute Gasteiger partial charge is 0.324 e. The second-order valence-corrected chi connectivity index (χ2v) is 7.40. The molecule has 2 atom stereocenters. The van der Waals surface area contributed by atoms with E-state index in [-0.39, 0.29) is 11.9 Å². The fourth-order valence-electron chi connectivity index (χ4n) is 3.63. The zero-order valence-corrected chi connectivity index (χ0v) is 15.9. The zero-order chi connectivity index (χ0) is 17.7. The predicted octanol–water partition coefficient (Wildman–Crippen LogP) is 3.29. The summed E-state index contributed by atoms with van der Waals surface area (Å²) in [6.07, 6.45) is 2.39. The van der Waals surface area contributed by atoms with Crippen LogP contribution in [0.25, 0.3) is 0 Å². The molecule has 1 N–H and O–H groups in total. The van der Waals surface area contributed by atoms with Gasteiger partial charge in [-0.05, 0) is 71.3 Å². The van der Waals surface area contributed by atoms with Gasteiger partial charge in [0.25, 0.3) is 0 Å². The third-order valence-electron chi connectivity index (χ3n) is 5.06. The second kappa shape index (κ2) is 8.63. The number of aryl methyl sites for hydroxylation is 2.